The molecule has 1 nitrogen and oxygen atoms in total. The van der Waals surface area contributed by atoms with E-state index < -0.39 is 0 Å². The molecule has 0 aromatic heterocycles. The van der Waals surface area contributed by atoms with Crippen molar-refractivity contribution < 1.29 is 0 Å². The zero-order chi connectivity index (χ0) is 15.4. The molecule has 112 valence electrons. The maximum atomic E-state index is 5.99. The van der Waals surface area contributed by atoms with Crippen molar-refractivity contribution >= 4 is 22.9 Å². The molecule has 3 rings (SSSR count). The summed E-state index contributed by atoms with van der Waals surface area (Å²) in [6, 6.07) is 16.8. The molecule has 1 aliphatic rings. The maximum absolute atomic E-state index is 5.99. The van der Waals surface area contributed by atoms with Crippen molar-refractivity contribution in [3.63, 3.8) is 0 Å². The first-order chi connectivity index (χ1) is 10.8. The number of nitrogens with zero attached hydrogens (tertiary/aromatic N) is 1. The van der Waals surface area contributed by atoms with E-state index in [2.05, 4.69) is 35.7 Å². The van der Waals surface area contributed by atoms with Crippen LogP contribution in [0.5, 0.6) is 0 Å². The van der Waals surface area contributed by atoms with Crippen molar-refractivity contribution in [2.24, 2.45) is 0 Å². The van der Waals surface area contributed by atoms with Crippen molar-refractivity contribution in [3.8, 4) is 0 Å². The minimum absolute atomic E-state index is 0.756. The van der Waals surface area contributed by atoms with Crippen LogP contribution in [0, 0.1) is 0 Å². The first-order valence-corrected chi connectivity index (χ1v) is 8.10. The van der Waals surface area contributed by atoms with E-state index in [1.807, 2.05) is 36.4 Å². The van der Waals surface area contributed by atoms with Crippen LogP contribution in [0.1, 0.15) is 24.0 Å². The summed E-state index contributed by atoms with van der Waals surface area (Å²) in [5, 5.41) is 0.756. The fourth-order valence-electron chi connectivity index (χ4n) is 2.93. The van der Waals surface area contributed by atoms with Crippen LogP contribution in [0.4, 0.5) is 5.69 Å². The highest BCUT2D eigenvalue weighted by atomic mass is 35.5. The minimum atomic E-state index is 0.756. The highest BCUT2D eigenvalue weighted by Gasteiger charge is 2.12. The Labute approximate surface area is 137 Å². The molecule has 0 N–H and O–H groups in total. The molecule has 0 bridgehead atoms. The molecule has 1 heterocycles. The molecule has 0 unspecified atom stereocenters. The quantitative estimate of drug-likeness (QED) is 0.668. The average molecular weight is 310 g/mol. The van der Waals surface area contributed by atoms with E-state index in [1.165, 1.54) is 42.8 Å². The van der Waals surface area contributed by atoms with Crippen LogP contribution in [0.2, 0.25) is 5.02 Å². The minimum Gasteiger partial charge on any atom is -0.372 e. The molecule has 0 radical (unpaired) electrons. The van der Waals surface area contributed by atoms with Gasteiger partial charge in [0.05, 0.1) is 0 Å². The lowest BCUT2D eigenvalue weighted by molar-refractivity contribution is 0.949. The van der Waals surface area contributed by atoms with Gasteiger partial charge < -0.3 is 4.90 Å². The van der Waals surface area contributed by atoms with Gasteiger partial charge in [0.15, 0.2) is 0 Å². The fraction of sp³-hybridized carbons (Fsp3) is 0.200. The van der Waals surface area contributed by atoms with Crippen LogP contribution < -0.4 is 4.90 Å². The zero-order valence-corrected chi connectivity index (χ0v) is 13.4. The van der Waals surface area contributed by atoms with Crippen LogP contribution in [0.15, 0.2) is 67.3 Å². The van der Waals surface area contributed by atoms with Crippen molar-refractivity contribution in [1.82, 2.24) is 0 Å². The summed E-state index contributed by atoms with van der Waals surface area (Å²) in [7, 11) is 0. The second kappa shape index (κ2) is 6.85. The summed E-state index contributed by atoms with van der Waals surface area (Å²) >= 11 is 5.99. The Morgan fingerprint density at radius 1 is 0.909 bits per heavy atom. The van der Waals surface area contributed by atoms with E-state index in [-0.39, 0.29) is 0 Å². The lowest BCUT2D eigenvalue weighted by Crippen LogP contribution is -2.17. The van der Waals surface area contributed by atoms with Crippen LogP contribution >= 0.6 is 11.6 Å². The second-order valence-electron chi connectivity index (χ2n) is 5.56. The van der Waals surface area contributed by atoms with Gasteiger partial charge in [-0.25, -0.2) is 0 Å². The lowest BCUT2D eigenvalue weighted by Gasteiger charge is -2.18. The van der Waals surface area contributed by atoms with Gasteiger partial charge in [0.2, 0.25) is 0 Å². The van der Waals surface area contributed by atoms with Crippen molar-refractivity contribution in [1.29, 1.82) is 0 Å². The Morgan fingerprint density at radius 2 is 1.45 bits per heavy atom. The Morgan fingerprint density at radius 3 is 2.00 bits per heavy atom. The van der Waals surface area contributed by atoms with E-state index in [4.69, 9.17) is 11.6 Å². The third-order valence-corrected chi connectivity index (χ3v) is 4.34. The Hall–Kier alpha value is -1.99. The van der Waals surface area contributed by atoms with Crippen molar-refractivity contribution in [2.75, 3.05) is 18.0 Å². The van der Waals surface area contributed by atoms with E-state index in [1.54, 1.807) is 0 Å². The molecular formula is C20H20ClN. The van der Waals surface area contributed by atoms with Crippen LogP contribution in [0.25, 0.3) is 5.57 Å². The first-order valence-electron chi connectivity index (χ1n) is 7.72. The van der Waals surface area contributed by atoms with E-state index in [9.17, 15) is 0 Å². The molecule has 0 amide bonds. The molecule has 1 saturated heterocycles. The third kappa shape index (κ3) is 3.26. The molecule has 0 spiro atoms. The summed E-state index contributed by atoms with van der Waals surface area (Å²) in [6.07, 6.45) is 6.48. The zero-order valence-electron chi connectivity index (χ0n) is 12.6. The van der Waals surface area contributed by atoms with Gasteiger partial charge in [-0.1, -0.05) is 54.6 Å². The van der Waals surface area contributed by atoms with Gasteiger partial charge in [-0.3, -0.25) is 0 Å². The van der Waals surface area contributed by atoms with Crippen molar-refractivity contribution in [2.45, 2.75) is 12.8 Å². The number of rotatable bonds is 4. The molecule has 0 aliphatic carbocycles. The molecule has 2 heteroatoms. The van der Waals surface area contributed by atoms with Gasteiger partial charge in [-0.15, -0.1) is 0 Å². The lowest BCUT2D eigenvalue weighted by atomic mass is 9.97. The van der Waals surface area contributed by atoms with Crippen LogP contribution in [0.3, 0.4) is 0 Å². The Bertz CT molecular complexity index is 662. The van der Waals surface area contributed by atoms with Gasteiger partial charge in [0.25, 0.3) is 0 Å². The summed E-state index contributed by atoms with van der Waals surface area (Å²) in [5.74, 6) is 0. The van der Waals surface area contributed by atoms with Gasteiger partial charge >= 0.3 is 0 Å². The topological polar surface area (TPSA) is 3.24 Å². The normalized spacial score (nSPS) is 15.1. The molecular weight excluding hydrogens is 290 g/mol. The molecule has 2 aromatic rings. The smallest absolute Gasteiger partial charge is 0.0406 e. The summed E-state index contributed by atoms with van der Waals surface area (Å²) < 4.78 is 0. The number of benzene rings is 2. The number of allylic oxidation sites excluding steroid dienone is 2. The predicted octanol–water partition coefficient (Wildman–Crippen LogP) is 5.56. The van der Waals surface area contributed by atoms with E-state index in [0.717, 1.165) is 10.6 Å². The number of anilines is 1. The Kier molecular flexibility index (Phi) is 4.65. The maximum Gasteiger partial charge on any atom is 0.0406 e. The molecule has 1 aliphatic heterocycles. The number of halogens is 1. The summed E-state index contributed by atoms with van der Waals surface area (Å²) in [5.41, 5.74) is 4.83. The standard InChI is InChI=1S/C20H20ClN/c1-2-5-20(16-6-10-18(21)11-7-16)17-8-12-19(13-9-17)22-14-3-4-15-22/h2,5-13H,1,3-4,14-15H2. The van der Waals surface area contributed by atoms with E-state index in [0.29, 0.717) is 0 Å². The third-order valence-electron chi connectivity index (χ3n) is 4.09. The van der Waals surface area contributed by atoms with E-state index >= 15 is 0 Å². The molecule has 0 atom stereocenters. The van der Waals surface area contributed by atoms with Crippen LogP contribution in [-0.4, -0.2) is 13.1 Å². The first kappa shape index (κ1) is 14.9. The Balaban J connectivity index is 1.90. The fourth-order valence-corrected chi connectivity index (χ4v) is 3.06. The monoisotopic (exact) mass is 309 g/mol. The van der Waals surface area contributed by atoms with Crippen LogP contribution in [-0.2, 0) is 0 Å². The molecule has 2 aromatic carbocycles. The highest BCUT2D eigenvalue weighted by Crippen LogP contribution is 2.28. The van der Waals surface area contributed by atoms with Gasteiger partial charge in [0, 0.05) is 23.8 Å². The van der Waals surface area contributed by atoms with Gasteiger partial charge in [-0.05, 0) is 53.8 Å². The van der Waals surface area contributed by atoms with Gasteiger partial charge in [0.1, 0.15) is 0 Å². The molecule has 0 saturated carbocycles. The molecule has 22 heavy (non-hydrogen) atoms. The summed E-state index contributed by atoms with van der Waals surface area (Å²) in [6.45, 7) is 6.18. The number of hydrogen-bond donors (Lipinski definition) is 0. The largest absolute Gasteiger partial charge is 0.372 e. The SMILES string of the molecule is C=CC=C(c1ccc(Cl)cc1)c1ccc(N2CCCC2)cc1. The van der Waals surface area contributed by atoms with Gasteiger partial charge in [-0.2, -0.15) is 0 Å². The average Bonchev–Trinajstić information content (AvgIpc) is 3.08. The number of hydrogen-bond acceptors (Lipinski definition) is 1. The van der Waals surface area contributed by atoms with Crippen molar-refractivity contribution in [3.05, 3.63) is 83.4 Å². The summed E-state index contributed by atoms with van der Waals surface area (Å²) in [4.78, 5) is 2.45. The predicted molar refractivity (Wildman–Crippen MR) is 96.6 cm³/mol. The highest BCUT2D eigenvalue weighted by molar-refractivity contribution is 6.30. The molecule has 1 fully saturated rings. The second-order valence-corrected chi connectivity index (χ2v) is 6.00.